The number of fused-ring (bicyclic) bond motifs is 10. The van der Waals surface area contributed by atoms with Gasteiger partial charge in [-0.15, -0.1) is 0 Å². The fourth-order valence-electron chi connectivity index (χ4n) is 9.54. The number of hydrogen-bond acceptors (Lipinski definition) is 3. The standard InChI is InChI=1S/C52H34N4/c1-2-16-34(17-3-1)50-41-24-8-11-25-45(41)53-52(54-50)56-48-27-13-9-21-38(48)43-31-35(29-30-49(43)56)42-32-44-39-22-10-12-26-47(39)55(51(44)40-23-7-6-20-37(40)42)46-28-14-18-33-15-4-5-19-36(33)46/h1-32,44,51H. The highest BCUT2D eigenvalue weighted by Gasteiger charge is 2.43. The van der Waals surface area contributed by atoms with Crippen LogP contribution in [0, 0.1) is 0 Å². The summed E-state index contributed by atoms with van der Waals surface area (Å²) in [5.74, 6) is 0.845. The second kappa shape index (κ2) is 12.1. The maximum absolute atomic E-state index is 5.30. The molecule has 12 rings (SSSR count). The molecule has 3 heterocycles. The fraction of sp³-hybridized carbons (Fsp3) is 0.0385. The van der Waals surface area contributed by atoms with Crippen LogP contribution < -0.4 is 4.90 Å². The highest BCUT2D eigenvalue weighted by molar-refractivity contribution is 6.10. The summed E-state index contributed by atoms with van der Waals surface area (Å²) in [6.07, 6.45) is 2.54. The van der Waals surface area contributed by atoms with E-state index in [1.165, 1.54) is 60.7 Å². The van der Waals surface area contributed by atoms with E-state index in [9.17, 15) is 0 Å². The van der Waals surface area contributed by atoms with Crippen molar-refractivity contribution in [3.63, 3.8) is 0 Å². The van der Waals surface area contributed by atoms with Gasteiger partial charge in [0.1, 0.15) is 0 Å². The van der Waals surface area contributed by atoms with Gasteiger partial charge in [-0.25, -0.2) is 9.97 Å². The third kappa shape index (κ3) is 4.53. The molecule has 2 aliphatic rings. The summed E-state index contributed by atoms with van der Waals surface area (Å²) in [7, 11) is 0. The Morgan fingerprint density at radius 2 is 1.12 bits per heavy atom. The molecular weight excluding hydrogens is 681 g/mol. The zero-order valence-electron chi connectivity index (χ0n) is 30.4. The lowest BCUT2D eigenvalue weighted by Gasteiger charge is -2.35. The molecule has 4 nitrogen and oxygen atoms in total. The van der Waals surface area contributed by atoms with Crippen LogP contribution in [0.15, 0.2) is 194 Å². The average Bonchev–Trinajstić information content (AvgIpc) is 3.78. The van der Waals surface area contributed by atoms with Gasteiger partial charge in [-0.2, -0.15) is 0 Å². The van der Waals surface area contributed by atoms with Crippen LogP contribution in [-0.2, 0) is 0 Å². The Morgan fingerprint density at radius 3 is 2.04 bits per heavy atom. The van der Waals surface area contributed by atoms with Crippen LogP contribution >= 0.6 is 0 Å². The predicted octanol–water partition coefficient (Wildman–Crippen LogP) is 13.0. The molecule has 2 aromatic heterocycles. The quantitative estimate of drug-likeness (QED) is 0.182. The normalized spacial score (nSPS) is 15.9. The summed E-state index contributed by atoms with van der Waals surface area (Å²) < 4.78 is 2.24. The molecule has 0 amide bonds. The zero-order chi connectivity index (χ0) is 36.7. The maximum Gasteiger partial charge on any atom is 0.235 e. The average molecular weight is 715 g/mol. The van der Waals surface area contributed by atoms with Gasteiger partial charge in [0.15, 0.2) is 0 Å². The van der Waals surface area contributed by atoms with Crippen molar-refractivity contribution in [3.8, 4) is 17.2 Å². The minimum Gasteiger partial charge on any atom is -0.332 e. The SMILES string of the molecule is C1=C(c2ccc3c(c2)c2ccccc2n3-c2nc(-c3ccccc3)c3ccccc3n2)c2ccccc2C2C1c1ccccc1N2c1cccc2ccccc12. The van der Waals surface area contributed by atoms with Crippen molar-refractivity contribution in [3.05, 3.63) is 216 Å². The van der Waals surface area contributed by atoms with Crippen molar-refractivity contribution < 1.29 is 0 Å². The summed E-state index contributed by atoms with van der Waals surface area (Å²) in [6.45, 7) is 0. The largest absolute Gasteiger partial charge is 0.332 e. The van der Waals surface area contributed by atoms with E-state index in [-0.39, 0.29) is 12.0 Å². The van der Waals surface area contributed by atoms with Crippen LogP contribution in [0.4, 0.5) is 11.4 Å². The molecule has 2 atom stereocenters. The van der Waals surface area contributed by atoms with Crippen molar-refractivity contribution in [2.24, 2.45) is 0 Å². The Labute approximate surface area is 324 Å². The molecule has 0 saturated heterocycles. The first kappa shape index (κ1) is 31.1. The van der Waals surface area contributed by atoms with Crippen LogP contribution in [0.1, 0.15) is 34.2 Å². The number of rotatable bonds is 4. The van der Waals surface area contributed by atoms with Crippen molar-refractivity contribution >= 4 is 60.4 Å². The third-order valence-electron chi connectivity index (χ3n) is 11.9. The number of hydrogen-bond donors (Lipinski definition) is 0. The molecule has 0 saturated carbocycles. The van der Waals surface area contributed by atoms with E-state index in [4.69, 9.17) is 9.97 Å². The highest BCUT2D eigenvalue weighted by atomic mass is 15.2. The Morgan fingerprint density at radius 1 is 0.446 bits per heavy atom. The molecule has 0 radical (unpaired) electrons. The molecule has 262 valence electrons. The smallest absolute Gasteiger partial charge is 0.235 e. The summed E-state index contributed by atoms with van der Waals surface area (Å²) in [6, 6.07) is 68.0. The van der Waals surface area contributed by atoms with Gasteiger partial charge in [0, 0.05) is 44.4 Å². The number of anilines is 2. The van der Waals surface area contributed by atoms with Crippen molar-refractivity contribution in [1.29, 1.82) is 0 Å². The predicted molar refractivity (Wildman–Crippen MR) is 231 cm³/mol. The van der Waals surface area contributed by atoms with E-state index in [2.05, 4.69) is 198 Å². The molecule has 8 aromatic carbocycles. The summed E-state index contributed by atoms with van der Waals surface area (Å²) in [4.78, 5) is 13.1. The van der Waals surface area contributed by atoms with Gasteiger partial charge in [0.2, 0.25) is 5.95 Å². The minimum atomic E-state index is 0.132. The molecule has 1 aliphatic heterocycles. The van der Waals surface area contributed by atoms with Crippen LogP contribution in [0.5, 0.6) is 0 Å². The Balaban J connectivity index is 1.05. The topological polar surface area (TPSA) is 34.0 Å². The van der Waals surface area contributed by atoms with Crippen molar-refractivity contribution in [1.82, 2.24) is 14.5 Å². The molecule has 0 fully saturated rings. The monoisotopic (exact) mass is 714 g/mol. The molecule has 0 N–H and O–H groups in total. The Hall–Kier alpha value is -7.30. The number of nitrogens with zero attached hydrogens (tertiary/aromatic N) is 4. The number of aromatic nitrogens is 3. The van der Waals surface area contributed by atoms with Crippen LogP contribution in [0.25, 0.3) is 66.3 Å². The molecule has 1 aliphatic carbocycles. The zero-order valence-corrected chi connectivity index (χ0v) is 30.4. The number of para-hydroxylation sites is 3. The van der Waals surface area contributed by atoms with Gasteiger partial charge in [-0.05, 0) is 69.6 Å². The van der Waals surface area contributed by atoms with Gasteiger partial charge in [0.05, 0.1) is 28.3 Å². The lowest BCUT2D eigenvalue weighted by atomic mass is 9.77. The molecule has 0 bridgehead atoms. The van der Waals surface area contributed by atoms with E-state index < -0.39 is 0 Å². The van der Waals surface area contributed by atoms with E-state index in [1.807, 2.05) is 6.07 Å². The van der Waals surface area contributed by atoms with Gasteiger partial charge in [-0.3, -0.25) is 4.57 Å². The summed E-state index contributed by atoms with van der Waals surface area (Å²) >= 11 is 0. The van der Waals surface area contributed by atoms with E-state index in [0.717, 1.165) is 33.2 Å². The molecule has 56 heavy (non-hydrogen) atoms. The second-order valence-corrected chi connectivity index (χ2v) is 14.9. The van der Waals surface area contributed by atoms with Crippen LogP contribution in [-0.4, -0.2) is 14.5 Å². The summed E-state index contributed by atoms with van der Waals surface area (Å²) in [5.41, 5.74) is 14.1. The molecule has 0 spiro atoms. The molecule has 2 unspecified atom stereocenters. The Kier molecular flexibility index (Phi) is 6.72. The van der Waals surface area contributed by atoms with E-state index in [1.54, 1.807) is 0 Å². The van der Waals surface area contributed by atoms with Crippen molar-refractivity contribution in [2.75, 3.05) is 4.90 Å². The highest BCUT2D eigenvalue weighted by Crippen LogP contribution is 2.58. The fourth-order valence-corrected chi connectivity index (χ4v) is 9.54. The first-order valence-electron chi connectivity index (χ1n) is 19.3. The van der Waals surface area contributed by atoms with Crippen LogP contribution in [0.3, 0.4) is 0 Å². The van der Waals surface area contributed by atoms with Gasteiger partial charge >= 0.3 is 0 Å². The molecule has 10 aromatic rings. The maximum atomic E-state index is 5.30. The second-order valence-electron chi connectivity index (χ2n) is 14.9. The first-order chi connectivity index (χ1) is 27.8. The van der Waals surface area contributed by atoms with Gasteiger partial charge in [-0.1, -0.05) is 158 Å². The minimum absolute atomic E-state index is 0.132. The molecule has 4 heteroatoms. The molecular formula is C52H34N4. The van der Waals surface area contributed by atoms with Gasteiger partial charge in [0.25, 0.3) is 0 Å². The number of benzene rings is 8. The van der Waals surface area contributed by atoms with Gasteiger partial charge < -0.3 is 4.90 Å². The van der Waals surface area contributed by atoms with E-state index >= 15 is 0 Å². The van der Waals surface area contributed by atoms with Crippen LogP contribution in [0.2, 0.25) is 0 Å². The summed E-state index contributed by atoms with van der Waals surface area (Å²) in [5, 5.41) is 5.92. The third-order valence-corrected chi connectivity index (χ3v) is 11.9. The van der Waals surface area contributed by atoms with Crippen molar-refractivity contribution in [2.45, 2.75) is 12.0 Å². The Bertz CT molecular complexity index is 3220. The lowest BCUT2D eigenvalue weighted by Crippen LogP contribution is -2.25. The lowest BCUT2D eigenvalue weighted by molar-refractivity contribution is 0.666. The first-order valence-corrected chi connectivity index (χ1v) is 19.3. The van der Waals surface area contributed by atoms with E-state index in [0.29, 0.717) is 5.95 Å².